The number of benzene rings is 4. The zero-order valence-electron chi connectivity index (χ0n) is 19.7. The van der Waals surface area contributed by atoms with Crippen LogP contribution in [-0.4, -0.2) is 17.6 Å². The van der Waals surface area contributed by atoms with Gasteiger partial charge in [0, 0.05) is 12.1 Å². The van der Waals surface area contributed by atoms with Gasteiger partial charge in [0.1, 0.15) is 11.5 Å². The number of aliphatic imine (C=N–C) groups is 1. The van der Waals surface area contributed by atoms with Gasteiger partial charge in [0.2, 0.25) is 5.91 Å². The highest BCUT2D eigenvalue weighted by molar-refractivity contribution is 6.33. The Labute approximate surface area is 210 Å². The molecule has 1 N–H and O–H groups in total. The predicted octanol–water partition coefficient (Wildman–Crippen LogP) is 5.38. The highest BCUT2D eigenvalue weighted by atomic mass is 16.2. The molecule has 0 unspecified atom stereocenters. The number of nitrogens with one attached hydrogen (secondary N) is 1. The van der Waals surface area contributed by atoms with Crippen molar-refractivity contribution in [3.63, 3.8) is 0 Å². The first-order valence-electron chi connectivity index (χ1n) is 11.8. The fourth-order valence-corrected chi connectivity index (χ4v) is 4.05. The molecule has 5 nitrogen and oxygen atoms in total. The molecule has 4 aromatic rings. The molecular formula is C31H25N3O2. The van der Waals surface area contributed by atoms with E-state index in [1.165, 1.54) is 0 Å². The minimum absolute atomic E-state index is 0.0523. The fraction of sp³-hybridized carbons (Fsp3) is 0.0645. The quantitative estimate of drug-likeness (QED) is 0.368. The zero-order chi connectivity index (χ0) is 24.7. The Balaban J connectivity index is 1.35. The molecule has 1 heterocycles. The van der Waals surface area contributed by atoms with E-state index in [1.807, 2.05) is 115 Å². The Morgan fingerprint density at radius 2 is 1.36 bits per heavy atom. The Morgan fingerprint density at radius 3 is 2.03 bits per heavy atom. The van der Waals surface area contributed by atoms with Crippen LogP contribution in [0, 0.1) is 0 Å². The summed E-state index contributed by atoms with van der Waals surface area (Å²) in [6, 6.07) is 36.7. The summed E-state index contributed by atoms with van der Waals surface area (Å²) < 4.78 is 0. The molecule has 5 heteroatoms. The van der Waals surface area contributed by atoms with Crippen molar-refractivity contribution in [1.82, 2.24) is 5.32 Å². The fourth-order valence-electron chi connectivity index (χ4n) is 4.05. The van der Waals surface area contributed by atoms with Gasteiger partial charge in [-0.3, -0.25) is 14.5 Å². The van der Waals surface area contributed by atoms with E-state index >= 15 is 0 Å². The maximum absolute atomic E-state index is 13.5. The van der Waals surface area contributed by atoms with Gasteiger partial charge in [-0.15, -0.1) is 0 Å². The van der Waals surface area contributed by atoms with Crippen LogP contribution >= 0.6 is 0 Å². The molecule has 0 aliphatic carbocycles. The lowest BCUT2D eigenvalue weighted by molar-refractivity contribution is -0.120. The van der Waals surface area contributed by atoms with Crippen molar-refractivity contribution in [2.24, 2.45) is 4.99 Å². The summed E-state index contributed by atoms with van der Waals surface area (Å²) >= 11 is 0. The van der Waals surface area contributed by atoms with Crippen molar-refractivity contribution in [3.05, 3.63) is 143 Å². The van der Waals surface area contributed by atoms with Crippen molar-refractivity contribution >= 4 is 29.4 Å². The lowest BCUT2D eigenvalue weighted by atomic mass is 10.1. The third-order valence-corrected chi connectivity index (χ3v) is 5.89. The number of amides is 2. The second kappa shape index (κ2) is 10.7. The summed E-state index contributed by atoms with van der Waals surface area (Å²) in [7, 11) is 0. The van der Waals surface area contributed by atoms with Gasteiger partial charge >= 0.3 is 0 Å². The number of rotatable bonds is 7. The third-order valence-electron chi connectivity index (χ3n) is 5.89. The van der Waals surface area contributed by atoms with E-state index in [1.54, 1.807) is 11.0 Å². The van der Waals surface area contributed by atoms with Crippen LogP contribution < -0.4 is 10.2 Å². The number of hydrogen-bond acceptors (Lipinski definition) is 3. The van der Waals surface area contributed by atoms with Gasteiger partial charge in [-0.2, -0.15) is 0 Å². The molecule has 176 valence electrons. The molecule has 4 aromatic carbocycles. The van der Waals surface area contributed by atoms with Gasteiger partial charge in [-0.25, -0.2) is 4.99 Å². The molecule has 0 radical (unpaired) electrons. The van der Waals surface area contributed by atoms with Crippen LogP contribution in [0.25, 0.3) is 6.08 Å². The molecule has 0 saturated heterocycles. The normalized spacial score (nSPS) is 14.1. The number of carbonyl (C=O) groups is 2. The Kier molecular flexibility index (Phi) is 6.81. The minimum atomic E-state index is -0.189. The second-order valence-corrected chi connectivity index (χ2v) is 8.49. The number of anilines is 1. The standard InChI is InChI=1S/C31H25N3O2/c35-29(32-22-25-12-6-2-7-13-25)21-24-16-18-27(19-17-24)34-30(26-14-8-3-9-15-26)33-28(31(34)36)20-23-10-4-1-5-11-23/h1-20H,21-22H2,(H,32,35). The molecule has 0 spiro atoms. The first-order valence-corrected chi connectivity index (χ1v) is 11.8. The smallest absolute Gasteiger partial charge is 0.282 e. The minimum Gasteiger partial charge on any atom is -0.352 e. The lowest BCUT2D eigenvalue weighted by Gasteiger charge is -2.19. The Hall–Kier alpha value is -4.77. The van der Waals surface area contributed by atoms with Gasteiger partial charge in [0.25, 0.3) is 5.91 Å². The van der Waals surface area contributed by atoms with Crippen molar-refractivity contribution in [2.45, 2.75) is 13.0 Å². The summed E-state index contributed by atoms with van der Waals surface area (Å²) in [5.41, 5.74) is 4.77. The van der Waals surface area contributed by atoms with Gasteiger partial charge < -0.3 is 5.32 Å². The van der Waals surface area contributed by atoms with Crippen molar-refractivity contribution in [3.8, 4) is 0 Å². The highest BCUT2D eigenvalue weighted by Gasteiger charge is 2.32. The highest BCUT2D eigenvalue weighted by Crippen LogP contribution is 2.28. The molecular weight excluding hydrogens is 446 g/mol. The molecule has 1 aliphatic rings. The number of carbonyl (C=O) groups excluding carboxylic acids is 2. The van der Waals surface area contributed by atoms with Crippen LogP contribution in [0.4, 0.5) is 5.69 Å². The van der Waals surface area contributed by atoms with Crippen molar-refractivity contribution in [2.75, 3.05) is 4.90 Å². The molecule has 0 bridgehead atoms. The summed E-state index contributed by atoms with van der Waals surface area (Å²) in [5.74, 6) is 0.339. The van der Waals surface area contributed by atoms with Crippen molar-refractivity contribution in [1.29, 1.82) is 0 Å². The lowest BCUT2D eigenvalue weighted by Crippen LogP contribution is -2.32. The average molecular weight is 472 g/mol. The molecule has 5 rings (SSSR count). The van der Waals surface area contributed by atoms with E-state index < -0.39 is 0 Å². The summed E-state index contributed by atoms with van der Waals surface area (Å²) in [5, 5.41) is 2.95. The Morgan fingerprint density at radius 1 is 0.750 bits per heavy atom. The van der Waals surface area contributed by atoms with Crippen molar-refractivity contribution < 1.29 is 9.59 Å². The van der Waals surface area contributed by atoms with Gasteiger partial charge in [0.05, 0.1) is 12.1 Å². The maximum atomic E-state index is 13.5. The number of hydrogen-bond donors (Lipinski definition) is 1. The molecule has 0 saturated carbocycles. The Bertz CT molecular complexity index is 1410. The second-order valence-electron chi connectivity index (χ2n) is 8.49. The van der Waals surface area contributed by atoms with Crippen LogP contribution in [0.3, 0.4) is 0 Å². The van der Waals surface area contributed by atoms with Gasteiger partial charge in [-0.1, -0.05) is 103 Å². The summed E-state index contributed by atoms with van der Waals surface area (Å²) in [6.07, 6.45) is 2.07. The SMILES string of the molecule is O=C(Cc1ccc(N2C(=O)C(=Cc3ccccc3)N=C2c2ccccc2)cc1)NCc1ccccc1. The topological polar surface area (TPSA) is 61.8 Å². The monoisotopic (exact) mass is 471 g/mol. The average Bonchev–Trinajstić information content (AvgIpc) is 3.25. The summed E-state index contributed by atoms with van der Waals surface area (Å²) in [6.45, 7) is 0.494. The zero-order valence-corrected chi connectivity index (χ0v) is 19.7. The third kappa shape index (κ3) is 5.31. The molecule has 0 atom stereocenters. The van der Waals surface area contributed by atoms with Crippen LogP contribution in [-0.2, 0) is 22.6 Å². The molecule has 36 heavy (non-hydrogen) atoms. The first-order chi connectivity index (χ1) is 17.7. The molecule has 0 aromatic heterocycles. The maximum Gasteiger partial charge on any atom is 0.282 e. The molecule has 1 aliphatic heterocycles. The van der Waals surface area contributed by atoms with Crippen LogP contribution in [0.5, 0.6) is 0 Å². The van der Waals surface area contributed by atoms with E-state index in [2.05, 4.69) is 5.32 Å². The van der Waals surface area contributed by atoms with Gasteiger partial charge in [0.15, 0.2) is 0 Å². The van der Waals surface area contributed by atoms with Crippen LogP contribution in [0.1, 0.15) is 22.3 Å². The van der Waals surface area contributed by atoms with E-state index in [9.17, 15) is 9.59 Å². The molecule has 2 amide bonds. The number of nitrogens with zero attached hydrogens (tertiary/aromatic N) is 2. The van der Waals surface area contributed by atoms with E-state index in [0.717, 1.165) is 22.3 Å². The van der Waals surface area contributed by atoms with Crippen LogP contribution in [0.15, 0.2) is 126 Å². The predicted molar refractivity (Wildman–Crippen MR) is 143 cm³/mol. The molecule has 0 fully saturated rings. The first kappa shape index (κ1) is 23.0. The van der Waals surface area contributed by atoms with E-state index in [4.69, 9.17) is 4.99 Å². The summed E-state index contributed by atoms with van der Waals surface area (Å²) in [4.78, 5) is 32.2. The van der Waals surface area contributed by atoms with Gasteiger partial charge in [-0.05, 0) is 34.9 Å². The largest absolute Gasteiger partial charge is 0.352 e. The van der Waals surface area contributed by atoms with E-state index in [0.29, 0.717) is 23.8 Å². The van der Waals surface area contributed by atoms with E-state index in [-0.39, 0.29) is 18.2 Å². The number of amidine groups is 1. The van der Waals surface area contributed by atoms with Crippen LogP contribution in [0.2, 0.25) is 0 Å².